The highest BCUT2D eigenvalue weighted by Gasteiger charge is 2.36. The summed E-state index contributed by atoms with van der Waals surface area (Å²) < 4.78 is 5.00. The molecular weight excluding hydrogens is 156 g/mol. The van der Waals surface area contributed by atoms with Crippen LogP contribution in [0.15, 0.2) is 0 Å². The van der Waals surface area contributed by atoms with Gasteiger partial charge in [-0.3, -0.25) is 0 Å². The van der Waals surface area contributed by atoms with Gasteiger partial charge in [0, 0.05) is 0 Å². The molecule has 1 saturated heterocycles. The number of hydrogen-bond acceptors (Lipinski definition) is 2. The van der Waals surface area contributed by atoms with Crippen molar-refractivity contribution >= 4 is 17.6 Å². The Morgan fingerprint density at radius 2 is 2.40 bits per heavy atom. The van der Waals surface area contributed by atoms with Crippen LogP contribution in [0.4, 0.5) is 0 Å². The number of carbonyl (C=O) groups is 1. The van der Waals surface area contributed by atoms with E-state index in [1.54, 1.807) is 0 Å². The van der Waals surface area contributed by atoms with Gasteiger partial charge in [0.15, 0.2) is 6.10 Å². The highest BCUT2D eigenvalue weighted by atomic mass is 35.5. The number of halogens is 1. The molecule has 1 rings (SSSR count). The average molecular weight is 165 g/mol. The molecule has 0 saturated carbocycles. The fourth-order valence-electron chi connectivity index (χ4n) is 1.04. The monoisotopic (exact) mass is 164 g/mol. The van der Waals surface area contributed by atoms with E-state index >= 15 is 0 Å². The highest BCUT2D eigenvalue weighted by Crippen LogP contribution is 2.24. The maximum absolute atomic E-state index is 10.3. The molecule has 10 heavy (non-hydrogen) atoms. The van der Waals surface area contributed by atoms with E-state index in [1.165, 1.54) is 0 Å². The van der Waals surface area contributed by atoms with Crippen molar-refractivity contribution in [3.63, 3.8) is 0 Å². The predicted molar refractivity (Wildman–Crippen MR) is 36.2 cm³/mol. The normalized spacial score (nSPS) is 40.0. The topological polar surface area (TPSA) is 46.5 Å². The van der Waals surface area contributed by atoms with Crippen LogP contribution < -0.4 is 0 Å². The third-order valence-electron chi connectivity index (χ3n) is 1.51. The van der Waals surface area contributed by atoms with Crippen molar-refractivity contribution in [3.8, 4) is 0 Å². The third-order valence-corrected chi connectivity index (χ3v) is 1.91. The third kappa shape index (κ3) is 1.41. The SMILES string of the molecule is C[C@@H]1C[C@H](Cl)[C@@H](C(=O)O)O1. The lowest BCUT2D eigenvalue weighted by Gasteiger charge is -2.06. The molecule has 1 aliphatic heterocycles. The zero-order valence-electron chi connectivity index (χ0n) is 5.58. The minimum absolute atomic E-state index is 0.0244. The lowest BCUT2D eigenvalue weighted by Crippen LogP contribution is -2.26. The molecule has 0 radical (unpaired) electrons. The summed E-state index contributed by atoms with van der Waals surface area (Å²) in [6.45, 7) is 1.82. The Hall–Kier alpha value is -0.280. The summed E-state index contributed by atoms with van der Waals surface area (Å²) in [5.41, 5.74) is 0. The molecular formula is C6H9ClO3. The second-order valence-corrected chi connectivity index (χ2v) is 3.02. The second kappa shape index (κ2) is 2.76. The van der Waals surface area contributed by atoms with Gasteiger partial charge in [-0.15, -0.1) is 11.6 Å². The fourth-order valence-corrected chi connectivity index (χ4v) is 1.46. The summed E-state index contributed by atoms with van der Waals surface area (Å²) in [5.74, 6) is -0.968. The average Bonchev–Trinajstić information content (AvgIpc) is 2.10. The molecule has 0 spiro atoms. The van der Waals surface area contributed by atoms with Gasteiger partial charge in [-0.1, -0.05) is 0 Å². The van der Waals surface area contributed by atoms with E-state index in [0.29, 0.717) is 6.42 Å². The summed E-state index contributed by atoms with van der Waals surface area (Å²) >= 11 is 5.66. The first-order chi connectivity index (χ1) is 4.61. The summed E-state index contributed by atoms with van der Waals surface area (Å²) in [4.78, 5) is 10.3. The fraction of sp³-hybridized carbons (Fsp3) is 0.833. The smallest absolute Gasteiger partial charge is 0.334 e. The van der Waals surface area contributed by atoms with Gasteiger partial charge < -0.3 is 9.84 Å². The Balaban J connectivity index is 2.54. The van der Waals surface area contributed by atoms with Gasteiger partial charge in [-0.05, 0) is 13.3 Å². The van der Waals surface area contributed by atoms with Gasteiger partial charge in [-0.25, -0.2) is 4.79 Å². The van der Waals surface area contributed by atoms with E-state index in [4.69, 9.17) is 21.4 Å². The maximum atomic E-state index is 10.3. The van der Waals surface area contributed by atoms with Crippen molar-refractivity contribution in [2.45, 2.75) is 30.9 Å². The minimum atomic E-state index is -0.968. The maximum Gasteiger partial charge on any atom is 0.334 e. The molecule has 1 fully saturated rings. The zero-order valence-corrected chi connectivity index (χ0v) is 6.34. The van der Waals surface area contributed by atoms with E-state index in [-0.39, 0.29) is 11.5 Å². The van der Waals surface area contributed by atoms with E-state index in [2.05, 4.69) is 0 Å². The van der Waals surface area contributed by atoms with Gasteiger partial charge >= 0.3 is 5.97 Å². The van der Waals surface area contributed by atoms with Crippen molar-refractivity contribution in [2.24, 2.45) is 0 Å². The quantitative estimate of drug-likeness (QED) is 0.585. The first-order valence-corrected chi connectivity index (χ1v) is 3.57. The number of aliphatic carboxylic acids is 1. The summed E-state index contributed by atoms with van der Waals surface area (Å²) in [6, 6.07) is 0. The number of ether oxygens (including phenoxy) is 1. The number of hydrogen-bond donors (Lipinski definition) is 1. The number of alkyl halides is 1. The molecule has 0 unspecified atom stereocenters. The first-order valence-electron chi connectivity index (χ1n) is 3.13. The van der Waals surface area contributed by atoms with Crippen molar-refractivity contribution in [3.05, 3.63) is 0 Å². The Bertz CT molecular complexity index is 148. The van der Waals surface area contributed by atoms with E-state index < -0.39 is 12.1 Å². The second-order valence-electron chi connectivity index (χ2n) is 2.46. The summed E-state index contributed by atoms with van der Waals surface area (Å²) in [6.07, 6.45) is -0.210. The Morgan fingerprint density at radius 1 is 1.80 bits per heavy atom. The number of rotatable bonds is 1. The largest absolute Gasteiger partial charge is 0.479 e. The number of carboxylic acid groups (broad SMARTS) is 1. The zero-order chi connectivity index (χ0) is 7.72. The minimum Gasteiger partial charge on any atom is -0.479 e. The Kier molecular flexibility index (Phi) is 2.16. The van der Waals surface area contributed by atoms with E-state index in [9.17, 15) is 4.79 Å². The van der Waals surface area contributed by atoms with E-state index in [1.807, 2.05) is 6.92 Å². The van der Waals surface area contributed by atoms with Crippen LogP contribution >= 0.6 is 11.6 Å². The van der Waals surface area contributed by atoms with Crippen LogP contribution in [-0.2, 0) is 9.53 Å². The molecule has 0 aliphatic carbocycles. The molecule has 0 aromatic carbocycles. The van der Waals surface area contributed by atoms with Crippen molar-refractivity contribution in [1.82, 2.24) is 0 Å². The van der Waals surface area contributed by atoms with Crippen LogP contribution in [0.1, 0.15) is 13.3 Å². The van der Waals surface area contributed by atoms with Crippen LogP contribution in [0, 0.1) is 0 Å². The molecule has 0 aromatic heterocycles. The standard InChI is InChI=1S/C6H9ClO3/c1-3-2-4(7)5(10-3)6(8)9/h3-5H,2H2,1H3,(H,8,9)/t3-,4+,5+/m1/s1. The van der Waals surface area contributed by atoms with Gasteiger partial charge in [0.05, 0.1) is 11.5 Å². The lowest BCUT2D eigenvalue weighted by atomic mass is 10.2. The van der Waals surface area contributed by atoms with Crippen LogP contribution in [0.2, 0.25) is 0 Å². The van der Waals surface area contributed by atoms with Crippen LogP contribution in [-0.4, -0.2) is 28.7 Å². The molecule has 1 N–H and O–H groups in total. The van der Waals surface area contributed by atoms with Crippen molar-refractivity contribution in [2.75, 3.05) is 0 Å². The highest BCUT2D eigenvalue weighted by molar-refractivity contribution is 6.22. The van der Waals surface area contributed by atoms with Gasteiger partial charge in [0.1, 0.15) is 0 Å². The molecule has 4 heteroatoms. The van der Waals surface area contributed by atoms with Crippen molar-refractivity contribution < 1.29 is 14.6 Å². The van der Waals surface area contributed by atoms with Crippen LogP contribution in [0.25, 0.3) is 0 Å². The number of carboxylic acids is 1. The summed E-state index contributed by atoms with van der Waals surface area (Å²) in [5, 5.41) is 8.12. The van der Waals surface area contributed by atoms with Crippen LogP contribution in [0.5, 0.6) is 0 Å². The molecule has 1 heterocycles. The van der Waals surface area contributed by atoms with Gasteiger partial charge in [-0.2, -0.15) is 0 Å². The lowest BCUT2D eigenvalue weighted by molar-refractivity contribution is -0.148. The molecule has 58 valence electrons. The van der Waals surface area contributed by atoms with Crippen molar-refractivity contribution in [1.29, 1.82) is 0 Å². The Morgan fingerprint density at radius 3 is 2.60 bits per heavy atom. The predicted octanol–water partition coefficient (Wildman–Crippen LogP) is 0.856. The molecule has 0 aromatic rings. The Labute approximate surface area is 63.9 Å². The van der Waals surface area contributed by atoms with Crippen LogP contribution in [0.3, 0.4) is 0 Å². The molecule has 3 atom stereocenters. The molecule has 3 nitrogen and oxygen atoms in total. The summed E-state index contributed by atoms with van der Waals surface area (Å²) in [7, 11) is 0. The molecule has 0 amide bonds. The van der Waals surface area contributed by atoms with E-state index in [0.717, 1.165) is 0 Å². The van der Waals surface area contributed by atoms with Gasteiger partial charge in [0.25, 0.3) is 0 Å². The molecule has 1 aliphatic rings. The first kappa shape index (κ1) is 7.82. The van der Waals surface area contributed by atoms with Gasteiger partial charge in [0.2, 0.25) is 0 Å². The molecule has 0 bridgehead atoms.